The second-order valence-electron chi connectivity index (χ2n) is 11.4. The van der Waals surface area contributed by atoms with Gasteiger partial charge in [0.1, 0.15) is 0 Å². The minimum atomic E-state index is -4.90. The first kappa shape index (κ1) is 38.3. The number of piperidine rings is 1. The number of guanidine groups is 1. The summed E-state index contributed by atoms with van der Waals surface area (Å²) in [4.78, 5) is 58.6. The molecule has 0 saturated carbocycles. The van der Waals surface area contributed by atoms with E-state index in [1.165, 1.54) is 10.5 Å². The fraction of sp³-hybridized carbons (Fsp3) is 0.633. The summed E-state index contributed by atoms with van der Waals surface area (Å²) in [5.41, 5.74) is 6.90. The molecule has 0 aromatic heterocycles. The molecule has 1 unspecified atom stereocenters. The van der Waals surface area contributed by atoms with Crippen LogP contribution in [0.4, 0.5) is 18.0 Å². The Morgan fingerprint density at radius 3 is 2.15 bits per heavy atom. The van der Waals surface area contributed by atoms with Gasteiger partial charge in [0, 0.05) is 45.7 Å². The normalized spacial score (nSPS) is 21.4. The fourth-order valence-electron chi connectivity index (χ4n) is 5.99. The zero-order chi connectivity index (χ0) is 33.1. The van der Waals surface area contributed by atoms with Crippen LogP contribution in [0.1, 0.15) is 57.9 Å². The number of hydrogen-bond donors (Lipinski definition) is 4. The van der Waals surface area contributed by atoms with Gasteiger partial charge in [0.05, 0.1) is 5.92 Å². The SMILES string of the molecule is C.N=C(N)N1CCC[C@@H](C[C@H]2C(=O)N(C(=O)N3CCN(C(=O)CCCCCc4ccccc4)CC3)C2C(=O)O)C1.OOC(F)(F)F. The predicted octanol–water partition coefficient (Wildman–Crippen LogP) is 3.59. The van der Waals surface area contributed by atoms with Gasteiger partial charge in [-0.25, -0.2) is 19.7 Å². The van der Waals surface area contributed by atoms with E-state index in [4.69, 9.17) is 16.4 Å². The number of β-lactam (4-membered cyclic amide) rings is 1. The van der Waals surface area contributed by atoms with E-state index in [2.05, 4.69) is 12.1 Å². The number of nitrogens with zero attached hydrogens (tertiary/aromatic N) is 4. The van der Waals surface area contributed by atoms with E-state index in [1.54, 1.807) is 9.80 Å². The van der Waals surface area contributed by atoms with Crippen LogP contribution in [0.2, 0.25) is 0 Å². The molecular formula is C30H45F3N6O7. The number of amides is 4. The maximum Gasteiger partial charge on any atom is 0.549 e. The first-order valence-corrected chi connectivity index (χ1v) is 15.0. The smallest absolute Gasteiger partial charge is 0.480 e. The van der Waals surface area contributed by atoms with Crippen LogP contribution in [-0.2, 0) is 25.7 Å². The van der Waals surface area contributed by atoms with Gasteiger partial charge in [-0.2, -0.15) is 0 Å². The van der Waals surface area contributed by atoms with Crippen LogP contribution in [0.5, 0.6) is 0 Å². The first-order chi connectivity index (χ1) is 21.3. The number of nitrogens with one attached hydrogen (secondary N) is 1. The van der Waals surface area contributed by atoms with Gasteiger partial charge >= 0.3 is 18.4 Å². The van der Waals surface area contributed by atoms with Gasteiger partial charge in [0.2, 0.25) is 11.8 Å². The standard InChI is InChI=1S/C28H40N6O5.CHF3O2.CH4/c29-27(30)33-13-7-11-21(19-33)18-22-24(26(37)38)34(25(22)36)28(39)32-16-14-31(15-17-32)23(35)12-6-2-5-10-20-8-3-1-4-9-20;2-1(3,4)6-5;/h1,3-4,8-9,21-22,24H,2,5-7,10-19H2,(H3,29,30)(H,37,38);5H;1H4/t21-,22+,24?;;/m0../s1. The lowest BCUT2D eigenvalue weighted by molar-refractivity contribution is -0.464. The van der Waals surface area contributed by atoms with Gasteiger partial charge in [-0.05, 0) is 50.0 Å². The predicted molar refractivity (Wildman–Crippen MR) is 161 cm³/mol. The van der Waals surface area contributed by atoms with Crippen molar-refractivity contribution in [2.75, 3.05) is 39.3 Å². The van der Waals surface area contributed by atoms with E-state index >= 15 is 0 Å². The number of rotatable bonds is 9. The number of hydrogen-bond acceptors (Lipinski definition) is 7. The largest absolute Gasteiger partial charge is 0.549 e. The van der Waals surface area contributed by atoms with Crippen LogP contribution in [-0.4, -0.2) is 111 Å². The lowest BCUT2D eigenvalue weighted by atomic mass is 9.78. The van der Waals surface area contributed by atoms with Gasteiger partial charge in [0.15, 0.2) is 12.0 Å². The molecule has 0 bridgehead atoms. The van der Waals surface area contributed by atoms with Crippen molar-refractivity contribution in [3.63, 3.8) is 0 Å². The summed E-state index contributed by atoms with van der Waals surface area (Å²) in [5.74, 6) is -2.31. The van der Waals surface area contributed by atoms with E-state index in [0.717, 1.165) is 43.4 Å². The molecule has 0 radical (unpaired) electrons. The number of imide groups is 1. The number of nitrogens with two attached hydrogens (primary N) is 1. The Kier molecular flexibility index (Phi) is 14.7. The summed E-state index contributed by atoms with van der Waals surface area (Å²) >= 11 is 0. The van der Waals surface area contributed by atoms with Gasteiger partial charge < -0.3 is 25.5 Å². The van der Waals surface area contributed by atoms with Crippen LogP contribution in [0.15, 0.2) is 30.3 Å². The lowest BCUT2D eigenvalue weighted by Crippen LogP contribution is -2.70. The van der Waals surface area contributed by atoms with Crippen molar-refractivity contribution >= 4 is 29.8 Å². The number of alkyl halides is 3. The number of unbranched alkanes of at least 4 members (excludes halogenated alkanes) is 2. The van der Waals surface area contributed by atoms with E-state index in [9.17, 15) is 37.5 Å². The van der Waals surface area contributed by atoms with E-state index in [0.29, 0.717) is 39.0 Å². The van der Waals surface area contributed by atoms with E-state index < -0.39 is 36.2 Å². The number of likely N-dealkylation sites (tertiary alicyclic amines) is 2. The lowest BCUT2D eigenvalue weighted by Gasteiger charge is -2.47. The molecule has 3 aliphatic heterocycles. The zero-order valence-electron chi connectivity index (χ0n) is 25.0. The third kappa shape index (κ3) is 10.9. The molecule has 46 heavy (non-hydrogen) atoms. The molecule has 4 amide bonds. The van der Waals surface area contributed by atoms with Crippen LogP contribution < -0.4 is 5.73 Å². The van der Waals surface area contributed by atoms with Crippen LogP contribution in [0.3, 0.4) is 0 Å². The van der Waals surface area contributed by atoms with Gasteiger partial charge in [-0.15, -0.1) is 18.1 Å². The Balaban J connectivity index is 0.000000960. The highest BCUT2D eigenvalue weighted by atomic mass is 19.4. The minimum absolute atomic E-state index is 0. The molecule has 3 heterocycles. The highest BCUT2D eigenvalue weighted by Gasteiger charge is 2.56. The maximum absolute atomic E-state index is 13.1. The van der Waals surface area contributed by atoms with Gasteiger partial charge in [-0.3, -0.25) is 15.0 Å². The van der Waals surface area contributed by atoms with Crippen LogP contribution in [0.25, 0.3) is 0 Å². The topological polar surface area (TPSA) is 181 Å². The molecule has 0 aliphatic carbocycles. The molecule has 4 rings (SSSR count). The molecule has 0 spiro atoms. The third-order valence-corrected chi connectivity index (χ3v) is 8.33. The number of carbonyl (C=O) groups excluding carboxylic acids is 3. The summed E-state index contributed by atoms with van der Waals surface area (Å²) in [6.07, 6.45) is 1.40. The van der Waals surface area contributed by atoms with Crippen LogP contribution in [0, 0.1) is 17.2 Å². The quantitative estimate of drug-likeness (QED) is 0.0770. The van der Waals surface area contributed by atoms with Crippen molar-refractivity contribution < 1.29 is 47.6 Å². The number of urea groups is 1. The van der Waals surface area contributed by atoms with Crippen molar-refractivity contribution in [3.8, 4) is 0 Å². The van der Waals surface area contributed by atoms with Crippen molar-refractivity contribution in [3.05, 3.63) is 35.9 Å². The minimum Gasteiger partial charge on any atom is -0.480 e. The molecule has 3 saturated heterocycles. The summed E-state index contributed by atoms with van der Waals surface area (Å²) < 4.78 is 30.9. The number of benzene rings is 1. The molecule has 258 valence electrons. The fourth-order valence-corrected chi connectivity index (χ4v) is 5.99. The number of piperazine rings is 1. The summed E-state index contributed by atoms with van der Waals surface area (Å²) in [7, 11) is 0. The monoisotopic (exact) mass is 658 g/mol. The van der Waals surface area contributed by atoms with Crippen molar-refractivity contribution in [2.45, 2.75) is 71.2 Å². The molecule has 13 nitrogen and oxygen atoms in total. The zero-order valence-corrected chi connectivity index (χ0v) is 25.0. The maximum atomic E-state index is 13.1. The van der Waals surface area contributed by atoms with Gasteiger partial charge in [0.25, 0.3) is 0 Å². The summed E-state index contributed by atoms with van der Waals surface area (Å²) in [6.45, 7) is 2.50. The van der Waals surface area contributed by atoms with Crippen molar-refractivity contribution in [1.82, 2.24) is 19.6 Å². The summed E-state index contributed by atoms with van der Waals surface area (Å²) in [5, 5.41) is 24.3. The Labute approximate surface area is 266 Å². The number of carboxylic acids is 1. The number of carbonyl (C=O) groups is 4. The molecule has 3 aliphatic rings. The third-order valence-electron chi connectivity index (χ3n) is 8.33. The molecule has 5 N–H and O–H groups in total. The molecule has 3 fully saturated rings. The molecule has 3 atom stereocenters. The molecule has 16 heteroatoms. The molecule has 1 aromatic carbocycles. The molecular weight excluding hydrogens is 613 g/mol. The Bertz CT molecular complexity index is 1180. The van der Waals surface area contributed by atoms with E-state index in [1.807, 2.05) is 23.1 Å². The number of carboxylic acid groups (broad SMARTS) is 1. The van der Waals surface area contributed by atoms with Crippen molar-refractivity contribution in [2.24, 2.45) is 17.6 Å². The highest BCUT2D eigenvalue weighted by molar-refractivity contribution is 6.07. The number of aliphatic carboxylic acids is 1. The van der Waals surface area contributed by atoms with E-state index in [-0.39, 0.29) is 38.3 Å². The Morgan fingerprint density at radius 2 is 1.59 bits per heavy atom. The van der Waals surface area contributed by atoms with Crippen molar-refractivity contribution in [1.29, 1.82) is 5.41 Å². The number of aryl methyl sites for hydroxylation is 1. The Hall–Kier alpha value is -3.92. The van der Waals surface area contributed by atoms with Crippen LogP contribution >= 0.6 is 0 Å². The second kappa shape index (κ2) is 17.7. The Morgan fingerprint density at radius 1 is 0.978 bits per heavy atom. The summed E-state index contributed by atoms with van der Waals surface area (Å²) in [6, 6.07) is 8.50. The second-order valence-corrected chi connectivity index (χ2v) is 11.4. The average molecular weight is 659 g/mol. The highest BCUT2D eigenvalue weighted by Crippen LogP contribution is 2.36. The molecule has 1 aromatic rings. The van der Waals surface area contributed by atoms with Gasteiger partial charge in [-0.1, -0.05) is 44.2 Å². The average Bonchev–Trinajstić information content (AvgIpc) is 3.02. The first-order valence-electron chi connectivity index (χ1n) is 15.0. The number of halogens is 3.